The predicted molar refractivity (Wildman–Crippen MR) is 87.5 cm³/mol. The van der Waals surface area contributed by atoms with E-state index in [1.54, 1.807) is 0 Å². The first-order valence-corrected chi connectivity index (χ1v) is 8.46. The Kier molecular flexibility index (Phi) is 8.89. The summed E-state index contributed by atoms with van der Waals surface area (Å²) in [5.74, 6) is -2.94. The van der Waals surface area contributed by atoms with Crippen LogP contribution in [0.25, 0.3) is 0 Å². The highest BCUT2D eigenvalue weighted by molar-refractivity contribution is 6.00. The highest BCUT2D eigenvalue weighted by atomic mass is 19.4. The highest BCUT2D eigenvalue weighted by Gasteiger charge is 2.45. The summed E-state index contributed by atoms with van der Waals surface area (Å²) in [5.41, 5.74) is -6.65. The standard InChI is InChI=1S/C17H20F5NO6/c1-5-27-14(24)9-8(16(26-4)29-7-3)10(15(25)28-6-2)12(17(20,21)22)23-11(9)13(18)19/h13,16H,5-7H2,1-4H3. The van der Waals surface area contributed by atoms with Gasteiger partial charge in [0.05, 0.1) is 24.3 Å². The molecule has 1 rings (SSSR count). The lowest BCUT2D eigenvalue weighted by molar-refractivity contribution is -0.143. The molecule has 0 bridgehead atoms. The summed E-state index contributed by atoms with van der Waals surface area (Å²) >= 11 is 0. The van der Waals surface area contributed by atoms with E-state index >= 15 is 0 Å². The molecule has 1 aromatic heterocycles. The second kappa shape index (κ2) is 10.4. The van der Waals surface area contributed by atoms with Crippen LogP contribution in [-0.2, 0) is 25.1 Å². The molecule has 1 atom stereocenters. The van der Waals surface area contributed by atoms with E-state index in [0.29, 0.717) is 0 Å². The van der Waals surface area contributed by atoms with Gasteiger partial charge in [-0.15, -0.1) is 0 Å². The minimum absolute atomic E-state index is 0.142. The van der Waals surface area contributed by atoms with E-state index in [1.807, 2.05) is 0 Å². The van der Waals surface area contributed by atoms with Crippen molar-refractivity contribution in [3.63, 3.8) is 0 Å². The molecular weight excluding hydrogens is 409 g/mol. The van der Waals surface area contributed by atoms with E-state index < -0.39 is 58.9 Å². The molecule has 1 aromatic rings. The molecule has 0 saturated carbocycles. The van der Waals surface area contributed by atoms with E-state index in [2.05, 4.69) is 9.72 Å². The highest BCUT2D eigenvalue weighted by Crippen LogP contribution is 2.40. The van der Waals surface area contributed by atoms with E-state index in [9.17, 15) is 31.5 Å². The maximum absolute atomic E-state index is 13.6. The number of nitrogens with zero attached hydrogens (tertiary/aromatic N) is 1. The number of esters is 2. The summed E-state index contributed by atoms with van der Waals surface area (Å²) in [6.07, 6.45) is -10.7. The predicted octanol–water partition coefficient (Wildman–Crippen LogP) is 4.07. The number of ether oxygens (including phenoxy) is 4. The number of hydrogen-bond donors (Lipinski definition) is 0. The zero-order chi connectivity index (χ0) is 22.4. The van der Waals surface area contributed by atoms with Crippen LogP contribution in [0.1, 0.15) is 71.2 Å². The molecule has 12 heteroatoms. The Morgan fingerprint density at radius 2 is 1.48 bits per heavy atom. The molecule has 0 aliphatic rings. The Morgan fingerprint density at radius 3 is 1.86 bits per heavy atom. The molecule has 0 N–H and O–H groups in total. The topological polar surface area (TPSA) is 84.0 Å². The fourth-order valence-corrected chi connectivity index (χ4v) is 2.47. The number of alkyl halides is 5. The molecule has 0 aliphatic heterocycles. The Balaban J connectivity index is 4.15. The first kappa shape index (κ1) is 24.7. The Morgan fingerprint density at radius 1 is 0.966 bits per heavy atom. The van der Waals surface area contributed by atoms with E-state index in [-0.39, 0.29) is 19.8 Å². The number of pyridine rings is 1. The minimum atomic E-state index is -5.32. The van der Waals surface area contributed by atoms with Crippen molar-refractivity contribution in [2.75, 3.05) is 26.9 Å². The third-order valence-corrected chi connectivity index (χ3v) is 3.47. The molecule has 0 aliphatic carbocycles. The minimum Gasteiger partial charge on any atom is -0.462 e. The molecule has 29 heavy (non-hydrogen) atoms. The van der Waals surface area contributed by atoms with Gasteiger partial charge in [0, 0.05) is 19.3 Å². The summed E-state index contributed by atoms with van der Waals surface area (Å²) in [6, 6.07) is 0. The number of carbonyl (C=O) groups excluding carboxylic acids is 2. The molecule has 0 radical (unpaired) electrons. The second-order valence-electron chi connectivity index (χ2n) is 5.27. The van der Waals surface area contributed by atoms with Gasteiger partial charge in [-0.25, -0.2) is 23.4 Å². The van der Waals surface area contributed by atoms with Gasteiger partial charge >= 0.3 is 18.1 Å². The van der Waals surface area contributed by atoms with Crippen molar-refractivity contribution < 1.29 is 50.5 Å². The Hall–Kier alpha value is -2.34. The van der Waals surface area contributed by atoms with Crippen molar-refractivity contribution in [2.24, 2.45) is 0 Å². The van der Waals surface area contributed by atoms with Gasteiger partial charge in [0.2, 0.25) is 0 Å². The summed E-state index contributed by atoms with van der Waals surface area (Å²) in [7, 11) is 1.000. The van der Waals surface area contributed by atoms with Crippen molar-refractivity contribution in [1.82, 2.24) is 4.98 Å². The molecule has 0 aromatic carbocycles. The smallest absolute Gasteiger partial charge is 0.434 e. The second-order valence-corrected chi connectivity index (χ2v) is 5.27. The molecule has 0 spiro atoms. The van der Waals surface area contributed by atoms with Crippen LogP contribution in [0.2, 0.25) is 0 Å². The van der Waals surface area contributed by atoms with Crippen LogP contribution in [0.3, 0.4) is 0 Å². The quantitative estimate of drug-likeness (QED) is 0.332. The third-order valence-electron chi connectivity index (χ3n) is 3.47. The van der Waals surface area contributed by atoms with Crippen molar-refractivity contribution in [3.8, 4) is 0 Å². The molecule has 164 valence electrons. The molecule has 7 nitrogen and oxygen atoms in total. The largest absolute Gasteiger partial charge is 0.462 e. The average molecular weight is 429 g/mol. The third kappa shape index (κ3) is 5.60. The number of hydrogen-bond acceptors (Lipinski definition) is 7. The number of carbonyl (C=O) groups is 2. The lowest BCUT2D eigenvalue weighted by Crippen LogP contribution is -2.28. The Bertz CT molecular complexity index is 738. The molecule has 0 saturated heterocycles. The van der Waals surface area contributed by atoms with Crippen LogP contribution in [0.5, 0.6) is 0 Å². The van der Waals surface area contributed by atoms with Crippen LogP contribution < -0.4 is 0 Å². The van der Waals surface area contributed by atoms with Crippen LogP contribution in [0.4, 0.5) is 22.0 Å². The van der Waals surface area contributed by atoms with E-state index in [4.69, 9.17) is 14.2 Å². The zero-order valence-electron chi connectivity index (χ0n) is 16.1. The first-order chi connectivity index (χ1) is 13.5. The van der Waals surface area contributed by atoms with Gasteiger partial charge in [0.15, 0.2) is 12.0 Å². The van der Waals surface area contributed by atoms with Crippen molar-refractivity contribution in [1.29, 1.82) is 0 Å². The number of methoxy groups -OCH3 is 1. The van der Waals surface area contributed by atoms with Crippen LogP contribution >= 0.6 is 0 Å². The van der Waals surface area contributed by atoms with Gasteiger partial charge in [0.1, 0.15) is 5.69 Å². The van der Waals surface area contributed by atoms with Gasteiger partial charge in [-0.1, -0.05) is 0 Å². The first-order valence-electron chi connectivity index (χ1n) is 8.46. The summed E-state index contributed by atoms with van der Waals surface area (Å²) in [6.45, 7) is 3.39. The summed E-state index contributed by atoms with van der Waals surface area (Å²) < 4.78 is 87.3. The fraction of sp³-hybridized carbons (Fsp3) is 0.588. The van der Waals surface area contributed by atoms with Crippen molar-refractivity contribution in [2.45, 2.75) is 39.7 Å². The molecule has 1 heterocycles. The van der Waals surface area contributed by atoms with Gasteiger partial charge in [-0.05, 0) is 20.8 Å². The fourth-order valence-electron chi connectivity index (χ4n) is 2.47. The molecular formula is C17H20F5NO6. The molecule has 1 unspecified atom stereocenters. The van der Waals surface area contributed by atoms with Gasteiger partial charge < -0.3 is 18.9 Å². The van der Waals surface area contributed by atoms with Gasteiger partial charge in [0.25, 0.3) is 6.43 Å². The average Bonchev–Trinajstić information content (AvgIpc) is 2.63. The van der Waals surface area contributed by atoms with E-state index in [0.717, 1.165) is 7.11 Å². The summed E-state index contributed by atoms with van der Waals surface area (Å²) in [5, 5.41) is 0. The van der Waals surface area contributed by atoms with Crippen molar-refractivity contribution in [3.05, 3.63) is 28.1 Å². The van der Waals surface area contributed by atoms with Crippen LogP contribution in [-0.4, -0.2) is 43.9 Å². The number of aromatic nitrogens is 1. The van der Waals surface area contributed by atoms with Crippen LogP contribution in [0, 0.1) is 0 Å². The van der Waals surface area contributed by atoms with E-state index in [1.165, 1.54) is 20.8 Å². The maximum atomic E-state index is 13.6. The monoisotopic (exact) mass is 429 g/mol. The van der Waals surface area contributed by atoms with Crippen LogP contribution in [0.15, 0.2) is 0 Å². The number of rotatable bonds is 9. The molecule has 0 fully saturated rings. The zero-order valence-corrected chi connectivity index (χ0v) is 16.1. The lowest BCUT2D eigenvalue weighted by atomic mass is 9.96. The normalized spacial score (nSPS) is 12.8. The lowest BCUT2D eigenvalue weighted by Gasteiger charge is -2.25. The maximum Gasteiger partial charge on any atom is 0.434 e. The Labute approximate surface area is 163 Å². The van der Waals surface area contributed by atoms with Crippen molar-refractivity contribution >= 4 is 11.9 Å². The number of halogens is 5. The molecule has 0 amide bonds. The van der Waals surface area contributed by atoms with Gasteiger partial charge in [-0.3, -0.25) is 0 Å². The summed E-state index contributed by atoms with van der Waals surface area (Å²) in [4.78, 5) is 27.6. The SMILES string of the molecule is CCOC(=O)c1c(C(F)F)nc(C(F)(F)F)c(C(=O)OCC)c1C(OC)OCC. The van der Waals surface area contributed by atoms with Gasteiger partial charge in [-0.2, -0.15) is 13.2 Å².